The fraction of sp³-hybridized carbons (Fsp3) is 0.471. The molecule has 1 unspecified atom stereocenters. The largest absolute Gasteiger partial charge is 0.368 e. The lowest BCUT2D eigenvalue weighted by atomic mass is 10.2. The monoisotopic (exact) mass is 315 g/mol. The molecule has 0 aromatic heterocycles. The van der Waals surface area contributed by atoms with E-state index in [4.69, 9.17) is 0 Å². The van der Waals surface area contributed by atoms with Gasteiger partial charge in [-0.1, -0.05) is 18.2 Å². The molecule has 6 nitrogen and oxygen atoms in total. The summed E-state index contributed by atoms with van der Waals surface area (Å²) in [5.74, 6) is -0.612. The molecule has 0 bridgehead atoms. The van der Waals surface area contributed by atoms with Gasteiger partial charge in [-0.3, -0.25) is 19.3 Å². The van der Waals surface area contributed by atoms with Crippen molar-refractivity contribution >= 4 is 23.4 Å². The molecule has 1 aromatic carbocycles. The number of piperazine rings is 1. The minimum atomic E-state index is -0.694. The highest BCUT2D eigenvalue weighted by atomic mass is 16.2. The van der Waals surface area contributed by atoms with Gasteiger partial charge < -0.3 is 9.80 Å². The number of imide groups is 1. The van der Waals surface area contributed by atoms with E-state index in [0.29, 0.717) is 13.1 Å². The molecule has 2 heterocycles. The zero-order valence-electron chi connectivity index (χ0n) is 13.3. The minimum Gasteiger partial charge on any atom is -0.368 e. The van der Waals surface area contributed by atoms with Gasteiger partial charge in [-0.25, -0.2) is 0 Å². The summed E-state index contributed by atoms with van der Waals surface area (Å²) in [7, 11) is 0. The van der Waals surface area contributed by atoms with Gasteiger partial charge in [0.2, 0.25) is 17.7 Å². The molecule has 0 N–H and O–H groups in total. The van der Waals surface area contributed by atoms with Crippen molar-refractivity contribution < 1.29 is 14.4 Å². The SMILES string of the molecule is CC(C(=O)N1CCN(c2ccccc2)CC1)N1C(=O)CCC1=O. The number of hydrogen-bond acceptors (Lipinski definition) is 4. The number of carbonyl (C=O) groups excluding carboxylic acids is 3. The molecule has 0 radical (unpaired) electrons. The van der Waals surface area contributed by atoms with Gasteiger partial charge in [-0.15, -0.1) is 0 Å². The fourth-order valence-electron chi connectivity index (χ4n) is 3.22. The Morgan fingerprint density at radius 1 is 0.957 bits per heavy atom. The molecule has 0 aliphatic carbocycles. The van der Waals surface area contributed by atoms with E-state index in [-0.39, 0.29) is 30.6 Å². The van der Waals surface area contributed by atoms with Gasteiger partial charge in [0.05, 0.1) is 0 Å². The van der Waals surface area contributed by atoms with Crippen molar-refractivity contribution in [1.29, 1.82) is 0 Å². The Bertz CT molecular complexity index is 593. The summed E-state index contributed by atoms with van der Waals surface area (Å²) in [6.45, 7) is 4.37. The maximum absolute atomic E-state index is 12.6. The Balaban J connectivity index is 1.60. The topological polar surface area (TPSA) is 60.9 Å². The average molecular weight is 315 g/mol. The van der Waals surface area contributed by atoms with Gasteiger partial charge in [0.25, 0.3) is 0 Å². The lowest BCUT2D eigenvalue weighted by Crippen LogP contribution is -2.55. The normalized spacial score (nSPS) is 20.1. The maximum atomic E-state index is 12.6. The van der Waals surface area contributed by atoms with Crippen LogP contribution in [0.5, 0.6) is 0 Å². The predicted molar refractivity (Wildman–Crippen MR) is 85.8 cm³/mol. The highest BCUT2D eigenvalue weighted by molar-refractivity contribution is 6.05. The second kappa shape index (κ2) is 6.40. The van der Waals surface area contributed by atoms with E-state index in [0.717, 1.165) is 23.7 Å². The fourth-order valence-corrected chi connectivity index (χ4v) is 3.22. The van der Waals surface area contributed by atoms with Crippen molar-refractivity contribution in [1.82, 2.24) is 9.80 Å². The van der Waals surface area contributed by atoms with Crippen LogP contribution < -0.4 is 4.90 Å². The number of amides is 3. The molecule has 0 saturated carbocycles. The van der Waals surface area contributed by atoms with Gasteiger partial charge in [0.1, 0.15) is 6.04 Å². The first-order valence-electron chi connectivity index (χ1n) is 8.01. The van der Waals surface area contributed by atoms with Crippen molar-refractivity contribution in [2.45, 2.75) is 25.8 Å². The van der Waals surface area contributed by atoms with E-state index in [1.54, 1.807) is 11.8 Å². The number of nitrogens with zero attached hydrogens (tertiary/aromatic N) is 3. The second-order valence-corrected chi connectivity index (χ2v) is 5.98. The molecule has 23 heavy (non-hydrogen) atoms. The van der Waals surface area contributed by atoms with Crippen LogP contribution in [0.4, 0.5) is 5.69 Å². The van der Waals surface area contributed by atoms with Crippen molar-refractivity contribution in [3.63, 3.8) is 0 Å². The number of rotatable bonds is 3. The third-order valence-corrected chi connectivity index (χ3v) is 4.55. The average Bonchev–Trinajstić information content (AvgIpc) is 2.93. The highest BCUT2D eigenvalue weighted by Crippen LogP contribution is 2.19. The van der Waals surface area contributed by atoms with Crippen LogP contribution in [0.2, 0.25) is 0 Å². The van der Waals surface area contributed by atoms with E-state index < -0.39 is 6.04 Å². The van der Waals surface area contributed by atoms with Crippen LogP contribution in [0.15, 0.2) is 30.3 Å². The van der Waals surface area contributed by atoms with Gasteiger partial charge in [-0.05, 0) is 19.1 Å². The van der Waals surface area contributed by atoms with Crippen LogP contribution in [0.1, 0.15) is 19.8 Å². The molecule has 0 spiro atoms. The van der Waals surface area contributed by atoms with Crippen LogP contribution in [0.3, 0.4) is 0 Å². The van der Waals surface area contributed by atoms with Gasteiger partial charge in [0.15, 0.2) is 0 Å². The third kappa shape index (κ3) is 3.06. The lowest BCUT2D eigenvalue weighted by molar-refractivity contribution is -0.150. The summed E-state index contributed by atoms with van der Waals surface area (Å²) in [6, 6.07) is 9.40. The second-order valence-electron chi connectivity index (χ2n) is 5.98. The molecular formula is C17H21N3O3. The molecule has 1 aromatic rings. The molecule has 3 rings (SSSR count). The van der Waals surface area contributed by atoms with Crippen LogP contribution in [-0.4, -0.2) is 59.7 Å². The van der Waals surface area contributed by atoms with E-state index in [2.05, 4.69) is 17.0 Å². The molecule has 2 aliphatic heterocycles. The molecule has 3 amide bonds. The Kier molecular flexibility index (Phi) is 4.32. The van der Waals surface area contributed by atoms with Crippen molar-refractivity contribution in [2.75, 3.05) is 31.1 Å². The number of para-hydroxylation sites is 1. The molecule has 2 saturated heterocycles. The third-order valence-electron chi connectivity index (χ3n) is 4.55. The zero-order valence-corrected chi connectivity index (χ0v) is 13.3. The summed E-state index contributed by atoms with van der Waals surface area (Å²) in [5.41, 5.74) is 1.15. The Hall–Kier alpha value is -2.37. The standard InChI is InChI=1S/C17H21N3O3/c1-13(20-15(21)7-8-16(20)22)17(23)19-11-9-18(10-12-19)14-5-3-2-4-6-14/h2-6,13H,7-12H2,1H3. The Morgan fingerprint density at radius 2 is 1.52 bits per heavy atom. The highest BCUT2D eigenvalue weighted by Gasteiger charge is 2.38. The molecular weight excluding hydrogens is 294 g/mol. The number of benzene rings is 1. The molecule has 1 atom stereocenters. The van der Waals surface area contributed by atoms with E-state index in [1.165, 1.54) is 0 Å². The number of anilines is 1. The Morgan fingerprint density at radius 3 is 2.09 bits per heavy atom. The van der Waals surface area contributed by atoms with E-state index in [9.17, 15) is 14.4 Å². The first-order valence-corrected chi connectivity index (χ1v) is 8.01. The van der Waals surface area contributed by atoms with E-state index >= 15 is 0 Å². The smallest absolute Gasteiger partial charge is 0.245 e. The lowest BCUT2D eigenvalue weighted by Gasteiger charge is -2.38. The summed E-state index contributed by atoms with van der Waals surface area (Å²) in [5, 5.41) is 0. The molecule has 122 valence electrons. The number of likely N-dealkylation sites (tertiary alicyclic amines) is 1. The zero-order chi connectivity index (χ0) is 16.4. The van der Waals surface area contributed by atoms with Gasteiger partial charge in [-0.2, -0.15) is 0 Å². The first-order chi connectivity index (χ1) is 11.1. The van der Waals surface area contributed by atoms with Gasteiger partial charge in [0, 0.05) is 44.7 Å². The molecule has 2 aliphatic rings. The minimum absolute atomic E-state index is 0.138. The molecule has 6 heteroatoms. The van der Waals surface area contributed by atoms with Crippen LogP contribution in [-0.2, 0) is 14.4 Å². The van der Waals surface area contributed by atoms with Crippen LogP contribution in [0.25, 0.3) is 0 Å². The number of hydrogen-bond donors (Lipinski definition) is 0. The number of carbonyl (C=O) groups is 3. The first kappa shape index (κ1) is 15.5. The van der Waals surface area contributed by atoms with E-state index in [1.807, 2.05) is 18.2 Å². The quantitative estimate of drug-likeness (QED) is 0.777. The summed E-state index contributed by atoms with van der Waals surface area (Å²) in [4.78, 5) is 41.3. The van der Waals surface area contributed by atoms with Crippen molar-refractivity contribution in [3.05, 3.63) is 30.3 Å². The maximum Gasteiger partial charge on any atom is 0.245 e. The van der Waals surface area contributed by atoms with Crippen molar-refractivity contribution in [2.24, 2.45) is 0 Å². The van der Waals surface area contributed by atoms with Crippen molar-refractivity contribution in [3.8, 4) is 0 Å². The van der Waals surface area contributed by atoms with Crippen LogP contribution in [0, 0.1) is 0 Å². The summed E-state index contributed by atoms with van der Waals surface area (Å²) < 4.78 is 0. The van der Waals surface area contributed by atoms with Crippen LogP contribution >= 0.6 is 0 Å². The summed E-state index contributed by atoms with van der Waals surface area (Å²) in [6.07, 6.45) is 0.441. The predicted octanol–water partition coefficient (Wildman–Crippen LogP) is 0.873. The molecule has 2 fully saturated rings. The van der Waals surface area contributed by atoms with Gasteiger partial charge >= 0.3 is 0 Å². The summed E-state index contributed by atoms with van der Waals surface area (Å²) >= 11 is 0. The Labute approximate surface area is 135 Å².